The summed E-state index contributed by atoms with van der Waals surface area (Å²) in [5.41, 5.74) is 5.39. The van der Waals surface area contributed by atoms with Gasteiger partial charge in [-0.25, -0.2) is 0 Å². The second kappa shape index (κ2) is 7.97. The standard InChI is InChI=1S/C15H26N2O2/c1-3-11(2)9-14(18)17-13(15(16)19)10-12-7-5-4-6-8-12/h4-5,11-13H,3,6-10H2,1-2H3,(H2,16,19)(H,17,18)/t11-,12?,13-/m0/s1. The van der Waals surface area contributed by atoms with Gasteiger partial charge in [0.25, 0.3) is 0 Å². The van der Waals surface area contributed by atoms with Gasteiger partial charge in [-0.2, -0.15) is 0 Å². The third-order valence-corrected chi connectivity index (χ3v) is 3.86. The zero-order chi connectivity index (χ0) is 14.3. The van der Waals surface area contributed by atoms with Crippen LogP contribution in [0.25, 0.3) is 0 Å². The van der Waals surface area contributed by atoms with Gasteiger partial charge in [0.15, 0.2) is 0 Å². The van der Waals surface area contributed by atoms with E-state index >= 15 is 0 Å². The minimum atomic E-state index is -0.520. The molecule has 4 nitrogen and oxygen atoms in total. The summed E-state index contributed by atoms with van der Waals surface area (Å²) in [4.78, 5) is 23.3. The third kappa shape index (κ3) is 5.90. The van der Waals surface area contributed by atoms with Crippen molar-refractivity contribution < 1.29 is 9.59 Å². The average Bonchev–Trinajstić information content (AvgIpc) is 2.38. The lowest BCUT2D eigenvalue weighted by Crippen LogP contribution is -2.45. The molecule has 1 aliphatic carbocycles. The van der Waals surface area contributed by atoms with Gasteiger partial charge in [0.05, 0.1) is 0 Å². The molecule has 0 spiro atoms. The Hall–Kier alpha value is -1.32. The highest BCUT2D eigenvalue weighted by atomic mass is 16.2. The summed E-state index contributed by atoms with van der Waals surface area (Å²) in [7, 11) is 0. The molecule has 0 bridgehead atoms. The van der Waals surface area contributed by atoms with Crippen LogP contribution in [0.1, 0.15) is 52.4 Å². The second-order valence-electron chi connectivity index (χ2n) is 5.63. The molecule has 4 heteroatoms. The summed E-state index contributed by atoms with van der Waals surface area (Å²) in [5.74, 6) is 0.300. The summed E-state index contributed by atoms with van der Waals surface area (Å²) in [6.07, 6.45) is 9.49. The van der Waals surface area contributed by atoms with E-state index in [1.54, 1.807) is 0 Å². The summed E-state index contributed by atoms with van der Waals surface area (Å²) >= 11 is 0. The van der Waals surface area contributed by atoms with Crippen LogP contribution in [0.3, 0.4) is 0 Å². The van der Waals surface area contributed by atoms with E-state index in [1.807, 2.05) is 6.92 Å². The van der Waals surface area contributed by atoms with Crippen LogP contribution < -0.4 is 11.1 Å². The van der Waals surface area contributed by atoms with Crippen LogP contribution in [0.4, 0.5) is 0 Å². The van der Waals surface area contributed by atoms with Crippen molar-refractivity contribution in [2.45, 2.75) is 58.4 Å². The molecule has 0 radical (unpaired) electrons. The predicted octanol–water partition coefficient (Wildman–Crippen LogP) is 2.14. The molecule has 0 aromatic rings. The first-order valence-electron chi connectivity index (χ1n) is 7.26. The average molecular weight is 266 g/mol. The van der Waals surface area contributed by atoms with Crippen LogP contribution in [-0.2, 0) is 9.59 Å². The molecule has 3 atom stereocenters. The SMILES string of the molecule is CC[C@H](C)CC(=O)N[C@@H](CC1CC=CCC1)C(N)=O. The fourth-order valence-electron chi connectivity index (χ4n) is 2.36. The number of hydrogen-bond acceptors (Lipinski definition) is 2. The van der Waals surface area contributed by atoms with Crippen molar-refractivity contribution in [2.75, 3.05) is 0 Å². The number of nitrogens with one attached hydrogen (secondary N) is 1. The molecule has 1 aliphatic rings. The number of hydrogen-bond donors (Lipinski definition) is 2. The zero-order valence-electron chi connectivity index (χ0n) is 12.0. The van der Waals surface area contributed by atoms with E-state index in [9.17, 15) is 9.59 Å². The van der Waals surface area contributed by atoms with Crippen molar-refractivity contribution in [1.82, 2.24) is 5.32 Å². The van der Waals surface area contributed by atoms with Gasteiger partial charge in [0.2, 0.25) is 11.8 Å². The molecule has 0 saturated carbocycles. The van der Waals surface area contributed by atoms with E-state index in [1.165, 1.54) is 0 Å². The third-order valence-electron chi connectivity index (χ3n) is 3.86. The molecule has 0 fully saturated rings. The largest absolute Gasteiger partial charge is 0.368 e. The van der Waals surface area contributed by atoms with Crippen LogP contribution in [-0.4, -0.2) is 17.9 Å². The number of nitrogens with two attached hydrogens (primary N) is 1. The fraction of sp³-hybridized carbons (Fsp3) is 0.733. The Morgan fingerprint density at radius 3 is 2.68 bits per heavy atom. The Kier molecular flexibility index (Phi) is 6.60. The Morgan fingerprint density at radius 2 is 2.16 bits per heavy atom. The van der Waals surface area contributed by atoms with E-state index < -0.39 is 11.9 Å². The Morgan fingerprint density at radius 1 is 1.42 bits per heavy atom. The van der Waals surface area contributed by atoms with Gasteiger partial charge in [-0.15, -0.1) is 0 Å². The molecule has 1 rings (SSSR count). The topological polar surface area (TPSA) is 72.2 Å². The second-order valence-corrected chi connectivity index (χ2v) is 5.63. The zero-order valence-corrected chi connectivity index (χ0v) is 12.0. The number of rotatable bonds is 7. The van der Waals surface area contributed by atoms with Crippen LogP contribution in [0.5, 0.6) is 0 Å². The first-order valence-corrected chi connectivity index (χ1v) is 7.26. The minimum Gasteiger partial charge on any atom is -0.368 e. The molecule has 2 amide bonds. The van der Waals surface area contributed by atoms with Crippen LogP contribution in [0, 0.1) is 11.8 Å². The molecule has 0 aliphatic heterocycles. The van der Waals surface area contributed by atoms with Gasteiger partial charge in [-0.05, 0) is 37.5 Å². The molecular formula is C15H26N2O2. The summed E-state index contributed by atoms with van der Waals surface area (Å²) in [6.45, 7) is 4.09. The van der Waals surface area contributed by atoms with Crippen LogP contribution >= 0.6 is 0 Å². The smallest absolute Gasteiger partial charge is 0.240 e. The minimum absolute atomic E-state index is 0.0653. The lowest BCUT2D eigenvalue weighted by molar-refractivity contribution is -0.128. The molecule has 0 heterocycles. The Labute approximate surface area is 115 Å². The van der Waals surface area contributed by atoms with Crippen molar-refractivity contribution >= 4 is 11.8 Å². The van der Waals surface area contributed by atoms with Gasteiger partial charge in [-0.3, -0.25) is 9.59 Å². The molecule has 0 aromatic carbocycles. The molecular weight excluding hydrogens is 240 g/mol. The van der Waals surface area contributed by atoms with E-state index in [-0.39, 0.29) is 5.91 Å². The highest BCUT2D eigenvalue weighted by Gasteiger charge is 2.23. The van der Waals surface area contributed by atoms with Gasteiger partial charge >= 0.3 is 0 Å². The van der Waals surface area contributed by atoms with Gasteiger partial charge in [-0.1, -0.05) is 32.4 Å². The van der Waals surface area contributed by atoms with E-state index in [0.29, 0.717) is 24.7 Å². The number of primary amides is 1. The summed E-state index contributed by atoms with van der Waals surface area (Å²) in [6, 6.07) is -0.520. The number of allylic oxidation sites excluding steroid dienone is 2. The maximum Gasteiger partial charge on any atom is 0.240 e. The van der Waals surface area contributed by atoms with E-state index in [0.717, 1.165) is 25.7 Å². The highest BCUT2D eigenvalue weighted by Crippen LogP contribution is 2.23. The van der Waals surface area contributed by atoms with Crippen molar-refractivity contribution in [1.29, 1.82) is 0 Å². The Balaban J connectivity index is 2.46. The van der Waals surface area contributed by atoms with Gasteiger partial charge in [0, 0.05) is 6.42 Å². The summed E-state index contributed by atoms with van der Waals surface area (Å²) in [5, 5.41) is 2.79. The van der Waals surface area contributed by atoms with Gasteiger partial charge < -0.3 is 11.1 Å². The lowest BCUT2D eigenvalue weighted by atomic mass is 9.88. The maximum atomic E-state index is 11.8. The van der Waals surface area contributed by atoms with Crippen LogP contribution in [0.15, 0.2) is 12.2 Å². The molecule has 0 aromatic heterocycles. The van der Waals surface area contributed by atoms with Crippen molar-refractivity contribution in [2.24, 2.45) is 17.6 Å². The van der Waals surface area contributed by atoms with Crippen molar-refractivity contribution in [3.8, 4) is 0 Å². The predicted molar refractivity (Wildman–Crippen MR) is 76.3 cm³/mol. The van der Waals surface area contributed by atoms with Gasteiger partial charge in [0.1, 0.15) is 6.04 Å². The van der Waals surface area contributed by atoms with E-state index in [4.69, 9.17) is 5.73 Å². The quantitative estimate of drug-likeness (QED) is 0.693. The normalized spacial score (nSPS) is 21.7. The fourth-order valence-corrected chi connectivity index (χ4v) is 2.36. The Bertz CT molecular complexity index is 339. The monoisotopic (exact) mass is 266 g/mol. The van der Waals surface area contributed by atoms with Crippen molar-refractivity contribution in [3.05, 3.63) is 12.2 Å². The number of carbonyl (C=O) groups excluding carboxylic acids is 2. The summed E-state index contributed by atoms with van der Waals surface area (Å²) < 4.78 is 0. The number of amides is 2. The molecule has 1 unspecified atom stereocenters. The first-order chi connectivity index (χ1) is 9.02. The molecule has 3 N–H and O–H groups in total. The molecule has 108 valence electrons. The van der Waals surface area contributed by atoms with E-state index in [2.05, 4.69) is 24.4 Å². The molecule has 0 saturated heterocycles. The molecule has 19 heavy (non-hydrogen) atoms. The maximum absolute atomic E-state index is 11.8. The highest BCUT2D eigenvalue weighted by molar-refractivity contribution is 5.86. The van der Waals surface area contributed by atoms with Crippen molar-refractivity contribution in [3.63, 3.8) is 0 Å². The van der Waals surface area contributed by atoms with Crippen LogP contribution in [0.2, 0.25) is 0 Å². The number of carbonyl (C=O) groups is 2. The first kappa shape index (κ1) is 15.7. The lowest BCUT2D eigenvalue weighted by Gasteiger charge is -2.23.